The molecular weight excluding hydrogens is 471 g/mol. The zero-order valence-corrected chi connectivity index (χ0v) is 19.3. The van der Waals surface area contributed by atoms with E-state index in [1.165, 1.54) is 16.8 Å². The standard InChI is InChI=1S/C23H18Cl2N2O4S/c1-32-16-8-9-18(25)17(11-16)23(29)31-13-22(28)27-20(21-3-2-10-30-21)12-19(26-27)14-4-6-15(24)7-5-14/h2-11,20H,12-13H2,1H3/t20-/m1/s1. The molecule has 1 aliphatic heterocycles. The summed E-state index contributed by atoms with van der Waals surface area (Å²) in [4.78, 5) is 26.4. The number of halogens is 2. The van der Waals surface area contributed by atoms with Gasteiger partial charge in [-0.25, -0.2) is 9.80 Å². The van der Waals surface area contributed by atoms with Crippen molar-refractivity contribution in [2.45, 2.75) is 17.4 Å². The third kappa shape index (κ3) is 4.85. The lowest BCUT2D eigenvalue weighted by atomic mass is 10.0. The minimum atomic E-state index is -0.671. The van der Waals surface area contributed by atoms with Crippen LogP contribution >= 0.6 is 35.0 Å². The van der Waals surface area contributed by atoms with Crippen LogP contribution in [0, 0.1) is 0 Å². The van der Waals surface area contributed by atoms with Crippen LogP contribution in [0.3, 0.4) is 0 Å². The normalized spacial score (nSPS) is 15.5. The number of nitrogens with zero attached hydrogens (tertiary/aromatic N) is 2. The molecule has 3 aromatic rings. The van der Waals surface area contributed by atoms with Crippen molar-refractivity contribution in [2.75, 3.05) is 12.9 Å². The van der Waals surface area contributed by atoms with E-state index in [0.717, 1.165) is 10.5 Å². The number of carbonyl (C=O) groups excluding carboxylic acids is 2. The molecule has 0 unspecified atom stereocenters. The molecule has 1 aliphatic rings. The maximum atomic E-state index is 13.0. The number of hydrazone groups is 1. The summed E-state index contributed by atoms with van der Waals surface area (Å²) in [6, 6.07) is 15.4. The molecule has 4 rings (SSSR count). The second-order valence-corrected chi connectivity index (χ2v) is 8.67. The van der Waals surface area contributed by atoms with Gasteiger partial charge < -0.3 is 9.15 Å². The van der Waals surface area contributed by atoms with E-state index >= 15 is 0 Å². The average Bonchev–Trinajstić information content (AvgIpc) is 3.48. The van der Waals surface area contributed by atoms with E-state index in [9.17, 15) is 9.59 Å². The number of rotatable bonds is 6. The van der Waals surface area contributed by atoms with Crippen molar-refractivity contribution in [3.8, 4) is 0 Å². The molecule has 0 saturated heterocycles. The molecule has 164 valence electrons. The second kappa shape index (κ2) is 9.81. The molecule has 0 spiro atoms. The van der Waals surface area contributed by atoms with Gasteiger partial charge in [0.05, 0.1) is 22.6 Å². The lowest BCUT2D eigenvalue weighted by molar-refractivity contribution is -0.136. The highest BCUT2D eigenvalue weighted by molar-refractivity contribution is 7.98. The van der Waals surface area contributed by atoms with Gasteiger partial charge >= 0.3 is 5.97 Å². The summed E-state index contributed by atoms with van der Waals surface area (Å²) < 4.78 is 10.8. The number of carbonyl (C=O) groups is 2. The maximum absolute atomic E-state index is 13.0. The predicted molar refractivity (Wildman–Crippen MR) is 124 cm³/mol. The molecule has 1 aromatic heterocycles. The summed E-state index contributed by atoms with van der Waals surface area (Å²) in [7, 11) is 0. The fraction of sp³-hybridized carbons (Fsp3) is 0.174. The van der Waals surface area contributed by atoms with Crippen LogP contribution in [0.25, 0.3) is 0 Å². The quantitative estimate of drug-likeness (QED) is 0.321. The van der Waals surface area contributed by atoms with E-state index in [4.69, 9.17) is 32.4 Å². The molecule has 0 fully saturated rings. The fourth-order valence-corrected chi connectivity index (χ4v) is 4.08. The van der Waals surface area contributed by atoms with Gasteiger partial charge in [-0.05, 0) is 54.3 Å². The van der Waals surface area contributed by atoms with Crippen molar-refractivity contribution in [2.24, 2.45) is 5.10 Å². The van der Waals surface area contributed by atoms with Gasteiger partial charge in [-0.2, -0.15) is 5.10 Å². The number of thioether (sulfide) groups is 1. The number of amides is 1. The van der Waals surface area contributed by atoms with Crippen molar-refractivity contribution in [3.05, 3.63) is 87.8 Å². The first-order valence-electron chi connectivity index (χ1n) is 9.66. The first-order chi connectivity index (χ1) is 15.5. The lowest BCUT2D eigenvalue weighted by Gasteiger charge is -2.19. The largest absolute Gasteiger partial charge is 0.467 e. The van der Waals surface area contributed by atoms with E-state index in [2.05, 4.69) is 5.10 Å². The molecule has 2 heterocycles. The SMILES string of the molecule is CSc1ccc(Cl)c(C(=O)OCC(=O)N2N=C(c3ccc(Cl)cc3)C[C@@H]2c2ccco2)c1. The van der Waals surface area contributed by atoms with Crippen LogP contribution in [0.5, 0.6) is 0 Å². The lowest BCUT2D eigenvalue weighted by Crippen LogP contribution is -2.31. The van der Waals surface area contributed by atoms with Gasteiger partial charge in [-0.15, -0.1) is 11.8 Å². The van der Waals surface area contributed by atoms with Crippen molar-refractivity contribution in [3.63, 3.8) is 0 Å². The summed E-state index contributed by atoms with van der Waals surface area (Å²) >= 11 is 13.6. The zero-order chi connectivity index (χ0) is 22.7. The van der Waals surface area contributed by atoms with Crippen LogP contribution in [0.4, 0.5) is 0 Å². The fourth-order valence-electron chi connectivity index (χ4n) is 3.32. The number of hydrogen-bond acceptors (Lipinski definition) is 6. The Labute approximate surface area is 199 Å². The Hall–Kier alpha value is -2.74. The second-order valence-electron chi connectivity index (χ2n) is 6.95. The summed E-state index contributed by atoms with van der Waals surface area (Å²) in [6.45, 7) is -0.479. The molecule has 0 saturated carbocycles. The van der Waals surface area contributed by atoms with Crippen LogP contribution < -0.4 is 0 Å². The smallest absolute Gasteiger partial charge is 0.340 e. The van der Waals surface area contributed by atoms with E-state index in [1.54, 1.807) is 48.7 Å². The molecule has 0 aliphatic carbocycles. The third-order valence-electron chi connectivity index (χ3n) is 4.94. The van der Waals surface area contributed by atoms with E-state index < -0.39 is 24.5 Å². The maximum Gasteiger partial charge on any atom is 0.340 e. The van der Waals surface area contributed by atoms with Gasteiger partial charge in [0.1, 0.15) is 11.8 Å². The van der Waals surface area contributed by atoms with Crippen LogP contribution in [-0.2, 0) is 9.53 Å². The van der Waals surface area contributed by atoms with Gasteiger partial charge in [0.25, 0.3) is 5.91 Å². The highest BCUT2D eigenvalue weighted by Gasteiger charge is 2.35. The number of furan rings is 1. The Morgan fingerprint density at radius 1 is 1.19 bits per heavy atom. The molecule has 0 N–H and O–H groups in total. The molecule has 2 aromatic carbocycles. The van der Waals surface area contributed by atoms with Crippen LogP contribution in [0.2, 0.25) is 10.0 Å². The van der Waals surface area contributed by atoms with Crippen LogP contribution in [0.1, 0.15) is 34.1 Å². The molecular formula is C23H18Cl2N2O4S. The molecule has 9 heteroatoms. The van der Waals surface area contributed by atoms with Crippen molar-refractivity contribution >= 4 is 52.6 Å². The monoisotopic (exact) mass is 488 g/mol. The Bertz CT molecular complexity index is 1160. The van der Waals surface area contributed by atoms with Gasteiger partial charge in [0.15, 0.2) is 6.61 Å². The highest BCUT2D eigenvalue weighted by atomic mass is 35.5. The summed E-state index contributed by atoms with van der Waals surface area (Å²) in [5.74, 6) is -0.552. The van der Waals surface area contributed by atoms with E-state index in [-0.39, 0.29) is 10.6 Å². The van der Waals surface area contributed by atoms with Crippen LogP contribution in [0.15, 0.2) is 75.3 Å². The topological polar surface area (TPSA) is 72.1 Å². The third-order valence-corrected chi connectivity index (χ3v) is 6.24. The number of benzene rings is 2. The molecule has 32 heavy (non-hydrogen) atoms. The zero-order valence-electron chi connectivity index (χ0n) is 17.0. The molecule has 1 amide bonds. The average molecular weight is 489 g/mol. The first kappa shape index (κ1) is 22.5. The summed E-state index contributed by atoms with van der Waals surface area (Å²) in [5.41, 5.74) is 1.76. The molecule has 1 atom stereocenters. The van der Waals surface area contributed by atoms with Gasteiger partial charge in [0.2, 0.25) is 0 Å². The minimum absolute atomic E-state index is 0.209. The first-order valence-corrected chi connectivity index (χ1v) is 11.6. The molecule has 6 nitrogen and oxygen atoms in total. The van der Waals surface area contributed by atoms with Gasteiger partial charge in [-0.1, -0.05) is 35.3 Å². The molecule has 0 bridgehead atoms. The van der Waals surface area contributed by atoms with Crippen molar-refractivity contribution in [1.82, 2.24) is 5.01 Å². The van der Waals surface area contributed by atoms with Gasteiger partial charge in [-0.3, -0.25) is 4.79 Å². The Balaban J connectivity index is 1.52. The van der Waals surface area contributed by atoms with Gasteiger partial charge in [0, 0.05) is 16.3 Å². The number of ether oxygens (including phenoxy) is 1. The Kier molecular flexibility index (Phi) is 6.89. The number of hydrogen-bond donors (Lipinski definition) is 0. The Morgan fingerprint density at radius 2 is 1.97 bits per heavy atom. The van der Waals surface area contributed by atoms with E-state index in [0.29, 0.717) is 22.9 Å². The summed E-state index contributed by atoms with van der Waals surface area (Å²) in [6.07, 6.45) is 3.88. The van der Waals surface area contributed by atoms with Crippen LogP contribution in [-0.4, -0.2) is 35.5 Å². The van der Waals surface area contributed by atoms with E-state index in [1.807, 2.05) is 18.4 Å². The summed E-state index contributed by atoms with van der Waals surface area (Å²) in [5, 5.41) is 6.67. The predicted octanol–water partition coefficient (Wildman–Crippen LogP) is 5.84. The van der Waals surface area contributed by atoms with Crippen molar-refractivity contribution < 1.29 is 18.7 Å². The van der Waals surface area contributed by atoms with Crippen molar-refractivity contribution in [1.29, 1.82) is 0 Å². The molecule has 0 radical (unpaired) electrons. The highest BCUT2D eigenvalue weighted by Crippen LogP contribution is 2.33. The Morgan fingerprint density at radius 3 is 2.66 bits per heavy atom. The minimum Gasteiger partial charge on any atom is -0.467 e. The number of esters is 1.